The highest BCUT2D eigenvalue weighted by Crippen LogP contribution is 2.31. The summed E-state index contributed by atoms with van der Waals surface area (Å²) in [6.07, 6.45) is 2.21. The maximum Gasteiger partial charge on any atom is 0.227 e. The van der Waals surface area contributed by atoms with Crippen molar-refractivity contribution in [3.8, 4) is 22.6 Å². The van der Waals surface area contributed by atoms with Crippen LogP contribution >= 0.6 is 0 Å². The molecular formula is C22H24N8O. The third-order valence-corrected chi connectivity index (χ3v) is 6.03. The summed E-state index contributed by atoms with van der Waals surface area (Å²) in [6.45, 7) is 3.95. The Hall–Kier alpha value is -3.59. The number of rotatable bonds is 5. The quantitative estimate of drug-likeness (QED) is 0.396. The summed E-state index contributed by atoms with van der Waals surface area (Å²) < 4.78 is 0. The maximum atomic E-state index is 12.8. The van der Waals surface area contributed by atoms with E-state index in [0.29, 0.717) is 11.7 Å². The summed E-state index contributed by atoms with van der Waals surface area (Å²) in [5.74, 6) is 0.911. The van der Waals surface area contributed by atoms with Crippen LogP contribution in [0.3, 0.4) is 0 Å². The number of aromatic nitrogens is 6. The van der Waals surface area contributed by atoms with Gasteiger partial charge in [-0.2, -0.15) is 10.3 Å². The summed E-state index contributed by atoms with van der Waals surface area (Å²) in [5, 5.41) is 29.2. The first-order chi connectivity index (χ1) is 15.2. The van der Waals surface area contributed by atoms with Gasteiger partial charge in [-0.3, -0.25) is 9.89 Å². The largest absolute Gasteiger partial charge is 0.326 e. The lowest BCUT2D eigenvalue weighted by Crippen LogP contribution is -2.37. The van der Waals surface area contributed by atoms with E-state index in [9.17, 15) is 4.79 Å². The zero-order chi connectivity index (χ0) is 21.2. The lowest BCUT2D eigenvalue weighted by molar-refractivity contribution is -0.121. The minimum atomic E-state index is -0.0415. The third-order valence-electron chi connectivity index (χ3n) is 6.03. The average Bonchev–Trinajstić information content (AvgIpc) is 3.49. The second-order valence-electron chi connectivity index (χ2n) is 8.03. The summed E-state index contributed by atoms with van der Waals surface area (Å²) >= 11 is 0. The fourth-order valence-electron chi connectivity index (χ4n) is 4.18. The van der Waals surface area contributed by atoms with E-state index in [1.165, 1.54) is 0 Å². The van der Waals surface area contributed by atoms with Gasteiger partial charge < -0.3 is 10.6 Å². The molecule has 0 saturated carbocycles. The predicted molar refractivity (Wildman–Crippen MR) is 118 cm³/mol. The number of nitrogens with zero attached hydrogens (tertiary/aromatic N) is 4. The zero-order valence-corrected chi connectivity index (χ0v) is 17.2. The molecule has 1 aliphatic heterocycles. The number of carbonyl (C=O) groups is 1. The molecule has 4 aromatic rings. The number of hydrogen-bond donors (Lipinski definition) is 4. The monoisotopic (exact) mass is 416 g/mol. The van der Waals surface area contributed by atoms with Crippen LogP contribution in [0.2, 0.25) is 0 Å². The fraction of sp³-hybridized carbons (Fsp3) is 0.318. The van der Waals surface area contributed by atoms with Crippen molar-refractivity contribution in [3.05, 3.63) is 42.5 Å². The molecule has 2 unspecified atom stereocenters. The molecule has 9 heteroatoms. The van der Waals surface area contributed by atoms with Gasteiger partial charge in [0, 0.05) is 28.1 Å². The topological polar surface area (TPSA) is 124 Å². The molecule has 1 fully saturated rings. The molecule has 158 valence electrons. The molecule has 3 heterocycles. The lowest BCUT2D eigenvalue weighted by Gasteiger charge is -2.27. The van der Waals surface area contributed by atoms with E-state index < -0.39 is 0 Å². The highest BCUT2D eigenvalue weighted by molar-refractivity contribution is 5.97. The summed E-state index contributed by atoms with van der Waals surface area (Å²) in [7, 11) is 0. The predicted octanol–water partition coefficient (Wildman–Crippen LogP) is 2.98. The van der Waals surface area contributed by atoms with Crippen LogP contribution < -0.4 is 10.6 Å². The van der Waals surface area contributed by atoms with Crippen LogP contribution in [0.25, 0.3) is 33.5 Å². The maximum absolute atomic E-state index is 12.8. The third kappa shape index (κ3) is 3.91. The molecule has 5 rings (SSSR count). The lowest BCUT2D eigenvalue weighted by atomic mass is 9.87. The Bertz CT molecular complexity index is 1190. The van der Waals surface area contributed by atoms with Gasteiger partial charge in [0.05, 0.1) is 11.2 Å². The summed E-state index contributed by atoms with van der Waals surface area (Å²) in [6, 6.07) is 13.6. The average molecular weight is 416 g/mol. The number of amides is 1. The van der Waals surface area contributed by atoms with E-state index in [1.807, 2.05) is 49.4 Å². The molecule has 9 nitrogen and oxygen atoms in total. The number of tetrazole rings is 1. The second-order valence-corrected chi connectivity index (χ2v) is 8.03. The molecule has 0 spiro atoms. The Kier molecular flexibility index (Phi) is 5.17. The van der Waals surface area contributed by atoms with Crippen LogP contribution in [-0.4, -0.2) is 49.8 Å². The molecule has 1 amide bonds. The highest BCUT2D eigenvalue weighted by atomic mass is 16.1. The van der Waals surface area contributed by atoms with Crippen molar-refractivity contribution >= 4 is 22.5 Å². The van der Waals surface area contributed by atoms with Gasteiger partial charge in [0.15, 0.2) is 0 Å². The highest BCUT2D eigenvalue weighted by Gasteiger charge is 2.25. The molecule has 1 aliphatic rings. The van der Waals surface area contributed by atoms with Gasteiger partial charge in [-0.1, -0.05) is 19.1 Å². The smallest absolute Gasteiger partial charge is 0.227 e. The number of benzene rings is 2. The Morgan fingerprint density at radius 3 is 2.90 bits per heavy atom. The van der Waals surface area contributed by atoms with Crippen molar-refractivity contribution in [1.29, 1.82) is 0 Å². The van der Waals surface area contributed by atoms with Crippen LogP contribution in [0.1, 0.15) is 19.8 Å². The molecule has 2 atom stereocenters. The van der Waals surface area contributed by atoms with E-state index in [-0.39, 0.29) is 11.8 Å². The van der Waals surface area contributed by atoms with E-state index in [4.69, 9.17) is 0 Å². The van der Waals surface area contributed by atoms with Crippen molar-refractivity contribution in [2.24, 2.45) is 11.8 Å². The molecule has 0 bridgehead atoms. The summed E-state index contributed by atoms with van der Waals surface area (Å²) in [5.41, 5.74) is 4.25. The number of piperidine rings is 1. The standard InChI is InChI=1S/C22H24N8O/c1-13(16-5-3-9-23-12-16)22(31)24-17-6-2-4-14(10-17)20-18-11-15(21-27-29-30-28-21)7-8-19(18)25-26-20/h2,4,6-8,10-11,13,16,23H,3,5,9,12H2,1H3,(H,24,31)(H,25,26)(H,27,28,29,30). The van der Waals surface area contributed by atoms with E-state index in [2.05, 4.69) is 41.5 Å². The first-order valence-electron chi connectivity index (χ1n) is 10.5. The van der Waals surface area contributed by atoms with Crippen molar-refractivity contribution in [3.63, 3.8) is 0 Å². The van der Waals surface area contributed by atoms with Gasteiger partial charge in [0.25, 0.3) is 0 Å². The Morgan fingerprint density at radius 2 is 2.10 bits per heavy atom. The van der Waals surface area contributed by atoms with E-state index >= 15 is 0 Å². The first-order valence-corrected chi connectivity index (χ1v) is 10.5. The van der Waals surface area contributed by atoms with Gasteiger partial charge in [0.1, 0.15) is 0 Å². The van der Waals surface area contributed by atoms with Crippen molar-refractivity contribution < 1.29 is 4.79 Å². The number of hydrogen-bond acceptors (Lipinski definition) is 6. The van der Waals surface area contributed by atoms with Gasteiger partial charge in [-0.15, -0.1) is 10.2 Å². The zero-order valence-electron chi connectivity index (χ0n) is 17.2. The molecule has 0 aliphatic carbocycles. The Labute approximate surface area is 179 Å². The molecule has 4 N–H and O–H groups in total. The minimum Gasteiger partial charge on any atom is -0.326 e. The van der Waals surface area contributed by atoms with Gasteiger partial charge in [-0.25, -0.2) is 0 Å². The van der Waals surface area contributed by atoms with Crippen molar-refractivity contribution in [2.75, 3.05) is 18.4 Å². The number of carbonyl (C=O) groups excluding carboxylic acids is 1. The molecule has 31 heavy (non-hydrogen) atoms. The SMILES string of the molecule is CC(C(=O)Nc1cccc(-c2n[nH]c3ccc(-c4nn[nH]n4)cc23)c1)C1CCCNC1. The van der Waals surface area contributed by atoms with Crippen LogP contribution in [0.15, 0.2) is 42.5 Å². The second kappa shape index (κ2) is 8.27. The number of aromatic amines is 2. The molecule has 2 aromatic heterocycles. The van der Waals surface area contributed by atoms with Crippen LogP contribution in [-0.2, 0) is 4.79 Å². The minimum absolute atomic E-state index is 0.0415. The Morgan fingerprint density at radius 1 is 1.16 bits per heavy atom. The molecule has 1 saturated heterocycles. The van der Waals surface area contributed by atoms with Gasteiger partial charge >= 0.3 is 0 Å². The van der Waals surface area contributed by atoms with E-state index in [1.54, 1.807) is 0 Å². The Balaban J connectivity index is 1.40. The number of H-pyrrole nitrogens is 2. The van der Waals surface area contributed by atoms with Gasteiger partial charge in [0.2, 0.25) is 11.7 Å². The first kappa shape index (κ1) is 19.4. The number of fused-ring (bicyclic) bond motifs is 1. The molecule has 0 radical (unpaired) electrons. The number of nitrogens with one attached hydrogen (secondary N) is 4. The van der Waals surface area contributed by atoms with Crippen molar-refractivity contribution in [2.45, 2.75) is 19.8 Å². The summed E-state index contributed by atoms with van der Waals surface area (Å²) in [4.78, 5) is 12.8. The van der Waals surface area contributed by atoms with Crippen LogP contribution in [0.4, 0.5) is 5.69 Å². The van der Waals surface area contributed by atoms with E-state index in [0.717, 1.165) is 59.3 Å². The normalized spacial score (nSPS) is 17.5. The van der Waals surface area contributed by atoms with Crippen molar-refractivity contribution in [1.82, 2.24) is 36.1 Å². The van der Waals surface area contributed by atoms with Gasteiger partial charge in [-0.05, 0) is 67.4 Å². The number of anilines is 1. The van der Waals surface area contributed by atoms with Crippen LogP contribution in [0, 0.1) is 11.8 Å². The van der Waals surface area contributed by atoms with Crippen LogP contribution in [0.5, 0.6) is 0 Å². The molecule has 2 aromatic carbocycles. The fourth-order valence-corrected chi connectivity index (χ4v) is 4.18. The molecular weight excluding hydrogens is 392 g/mol.